The van der Waals surface area contributed by atoms with Crippen molar-refractivity contribution in [1.82, 2.24) is 14.8 Å². The number of hydrogen-bond acceptors (Lipinski definition) is 4. The van der Waals surface area contributed by atoms with Gasteiger partial charge in [-0.3, -0.25) is 0 Å². The molecule has 0 aromatic carbocycles. The lowest BCUT2D eigenvalue weighted by atomic mass is 9.87. The largest absolute Gasteiger partial charge is 0.409 e. The average molecular weight is 223 g/mol. The molecule has 1 aliphatic carbocycles. The molecule has 0 saturated heterocycles. The van der Waals surface area contributed by atoms with E-state index in [-0.39, 0.29) is 5.84 Å². The van der Waals surface area contributed by atoms with Crippen LogP contribution in [0.15, 0.2) is 11.5 Å². The average Bonchev–Trinajstić information content (AvgIpc) is 2.78. The number of amidine groups is 1. The van der Waals surface area contributed by atoms with Crippen molar-refractivity contribution in [2.24, 2.45) is 16.8 Å². The van der Waals surface area contributed by atoms with Crippen LogP contribution in [0.4, 0.5) is 0 Å². The molecule has 6 nitrogen and oxygen atoms in total. The van der Waals surface area contributed by atoms with E-state index in [1.165, 1.54) is 12.8 Å². The van der Waals surface area contributed by atoms with Crippen LogP contribution in [-0.4, -0.2) is 25.8 Å². The minimum Gasteiger partial charge on any atom is -0.409 e. The van der Waals surface area contributed by atoms with Crippen molar-refractivity contribution in [3.8, 4) is 0 Å². The van der Waals surface area contributed by atoms with Gasteiger partial charge in [0, 0.05) is 0 Å². The molecule has 0 aliphatic heterocycles. The zero-order valence-corrected chi connectivity index (χ0v) is 9.37. The molecule has 0 bridgehead atoms. The second kappa shape index (κ2) is 4.51. The molecule has 0 unspecified atom stereocenters. The zero-order valence-electron chi connectivity index (χ0n) is 9.37. The number of nitrogens with two attached hydrogens (primary N) is 1. The van der Waals surface area contributed by atoms with E-state index in [1.54, 1.807) is 6.33 Å². The molecule has 1 fully saturated rings. The minimum atomic E-state index is -0.0390. The third kappa shape index (κ3) is 2.15. The molecule has 0 spiro atoms. The smallest absolute Gasteiger partial charge is 0.219 e. The van der Waals surface area contributed by atoms with E-state index in [4.69, 9.17) is 10.9 Å². The molecule has 2 rings (SSSR count). The molecule has 3 N–H and O–H groups in total. The fourth-order valence-corrected chi connectivity index (χ4v) is 2.12. The van der Waals surface area contributed by atoms with Gasteiger partial charge in [0.2, 0.25) is 11.7 Å². The van der Waals surface area contributed by atoms with E-state index in [1.807, 2.05) is 4.68 Å². The number of nitrogens with zero attached hydrogens (tertiary/aromatic N) is 4. The topological polar surface area (TPSA) is 89.3 Å². The van der Waals surface area contributed by atoms with Crippen LogP contribution in [0.3, 0.4) is 0 Å². The molecule has 1 heterocycles. The van der Waals surface area contributed by atoms with Gasteiger partial charge in [0.1, 0.15) is 6.33 Å². The highest BCUT2D eigenvalue weighted by molar-refractivity contribution is 5.93. The normalized spacial score (nSPS) is 26.9. The first-order valence-corrected chi connectivity index (χ1v) is 5.59. The van der Waals surface area contributed by atoms with Crippen molar-refractivity contribution in [2.45, 2.75) is 38.6 Å². The van der Waals surface area contributed by atoms with E-state index < -0.39 is 0 Å². The van der Waals surface area contributed by atoms with E-state index >= 15 is 0 Å². The molecule has 6 heteroatoms. The van der Waals surface area contributed by atoms with Crippen molar-refractivity contribution >= 4 is 5.84 Å². The minimum absolute atomic E-state index is 0.0390. The number of aromatic nitrogens is 3. The summed E-state index contributed by atoms with van der Waals surface area (Å²) in [6.07, 6.45) is 6.36. The second-order valence-electron chi connectivity index (χ2n) is 4.45. The summed E-state index contributed by atoms with van der Waals surface area (Å²) in [5, 5.41) is 15.6. The van der Waals surface area contributed by atoms with Crippen molar-refractivity contribution in [3.05, 3.63) is 12.2 Å². The molecule has 0 radical (unpaired) electrons. The molecule has 1 saturated carbocycles. The highest BCUT2D eigenvalue weighted by Gasteiger charge is 2.21. The first-order chi connectivity index (χ1) is 7.70. The zero-order chi connectivity index (χ0) is 11.5. The first-order valence-electron chi connectivity index (χ1n) is 5.59. The maximum atomic E-state index is 8.52. The van der Waals surface area contributed by atoms with Gasteiger partial charge in [0.15, 0.2) is 0 Å². The van der Waals surface area contributed by atoms with E-state index in [9.17, 15) is 0 Å². The Morgan fingerprint density at radius 2 is 2.19 bits per heavy atom. The van der Waals surface area contributed by atoms with Crippen LogP contribution in [-0.2, 0) is 0 Å². The maximum absolute atomic E-state index is 8.52. The van der Waals surface area contributed by atoms with Crippen molar-refractivity contribution in [2.75, 3.05) is 0 Å². The predicted molar refractivity (Wildman–Crippen MR) is 59.2 cm³/mol. The molecular formula is C10H17N5O. The molecule has 1 aromatic heterocycles. The van der Waals surface area contributed by atoms with E-state index in [0.29, 0.717) is 11.9 Å². The summed E-state index contributed by atoms with van der Waals surface area (Å²) in [4.78, 5) is 4.02. The summed E-state index contributed by atoms with van der Waals surface area (Å²) in [6.45, 7) is 2.28. The van der Waals surface area contributed by atoms with Crippen molar-refractivity contribution < 1.29 is 5.21 Å². The van der Waals surface area contributed by atoms with Gasteiger partial charge in [-0.1, -0.05) is 12.1 Å². The fraction of sp³-hybridized carbons (Fsp3) is 0.700. The summed E-state index contributed by atoms with van der Waals surface area (Å²) >= 11 is 0. The van der Waals surface area contributed by atoms with Crippen molar-refractivity contribution in [1.29, 1.82) is 0 Å². The van der Waals surface area contributed by atoms with Gasteiger partial charge in [0.05, 0.1) is 6.04 Å². The lowest BCUT2D eigenvalue weighted by Gasteiger charge is -2.25. The Hall–Kier alpha value is -1.59. The van der Waals surface area contributed by atoms with Gasteiger partial charge < -0.3 is 10.9 Å². The van der Waals surface area contributed by atoms with Gasteiger partial charge in [0.25, 0.3) is 0 Å². The third-order valence-electron chi connectivity index (χ3n) is 3.20. The highest BCUT2D eigenvalue weighted by Crippen LogP contribution is 2.30. The van der Waals surface area contributed by atoms with Gasteiger partial charge >= 0.3 is 0 Å². The Morgan fingerprint density at radius 3 is 2.81 bits per heavy atom. The van der Waals surface area contributed by atoms with E-state index in [2.05, 4.69) is 22.2 Å². The lowest BCUT2D eigenvalue weighted by molar-refractivity contribution is 0.273. The molecule has 0 amide bonds. The standard InChI is InChI=1S/C10H17N5O/c1-7-2-4-8(5-3-7)15-6-12-10(13-15)9(11)14-16/h6-8,16H,2-5H2,1H3,(H2,11,14). The molecule has 0 atom stereocenters. The van der Waals surface area contributed by atoms with Crippen LogP contribution >= 0.6 is 0 Å². The van der Waals surface area contributed by atoms with Crippen LogP contribution in [0.1, 0.15) is 44.5 Å². The molecule has 1 aliphatic rings. The lowest BCUT2D eigenvalue weighted by Crippen LogP contribution is -2.19. The number of hydrogen-bond donors (Lipinski definition) is 2. The van der Waals surface area contributed by atoms with Crippen LogP contribution in [0.25, 0.3) is 0 Å². The third-order valence-corrected chi connectivity index (χ3v) is 3.20. The van der Waals surface area contributed by atoms with Crippen LogP contribution in [0.2, 0.25) is 0 Å². The van der Waals surface area contributed by atoms with Gasteiger partial charge in [-0.15, -0.1) is 5.10 Å². The SMILES string of the molecule is CC1CCC(n2cnc(C(N)=NO)n2)CC1. The Morgan fingerprint density at radius 1 is 1.50 bits per heavy atom. The fourth-order valence-electron chi connectivity index (χ4n) is 2.12. The summed E-state index contributed by atoms with van der Waals surface area (Å²) in [7, 11) is 0. The van der Waals surface area contributed by atoms with Crippen LogP contribution in [0.5, 0.6) is 0 Å². The predicted octanol–water partition coefficient (Wildman–Crippen LogP) is 1.12. The Labute approximate surface area is 94.2 Å². The Kier molecular flexibility index (Phi) is 3.07. The van der Waals surface area contributed by atoms with E-state index in [0.717, 1.165) is 18.8 Å². The van der Waals surface area contributed by atoms with Crippen LogP contribution < -0.4 is 5.73 Å². The number of oxime groups is 1. The molecular weight excluding hydrogens is 206 g/mol. The highest BCUT2D eigenvalue weighted by atomic mass is 16.4. The summed E-state index contributed by atoms with van der Waals surface area (Å²) in [5.74, 6) is 1.06. The number of rotatable bonds is 2. The van der Waals surface area contributed by atoms with Gasteiger partial charge in [-0.25, -0.2) is 9.67 Å². The summed E-state index contributed by atoms with van der Waals surface area (Å²) in [5.41, 5.74) is 5.42. The van der Waals surface area contributed by atoms with Gasteiger partial charge in [-0.2, -0.15) is 0 Å². The monoisotopic (exact) mass is 223 g/mol. The summed E-state index contributed by atoms with van der Waals surface area (Å²) < 4.78 is 1.83. The van der Waals surface area contributed by atoms with Crippen molar-refractivity contribution in [3.63, 3.8) is 0 Å². The molecule has 88 valence electrons. The van der Waals surface area contributed by atoms with Gasteiger partial charge in [-0.05, 0) is 31.6 Å². The maximum Gasteiger partial charge on any atom is 0.219 e. The second-order valence-corrected chi connectivity index (χ2v) is 4.45. The summed E-state index contributed by atoms with van der Waals surface area (Å²) in [6, 6.07) is 0.406. The Bertz CT molecular complexity index is 378. The van der Waals surface area contributed by atoms with Crippen LogP contribution in [0, 0.1) is 5.92 Å². The Balaban J connectivity index is 2.07. The quantitative estimate of drug-likeness (QED) is 0.340. The molecule has 16 heavy (non-hydrogen) atoms. The first kappa shape index (κ1) is 10.9. The molecule has 1 aromatic rings.